The zero-order chi connectivity index (χ0) is 11.2. The fourth-order valence-corrected chi connectivity index (χ4v) is 2.89. The van der Waals surface area contributed by atoms with Crippen LogP contribution >= 0.6 is 0 Å². The molecule has 0 unspecified atom stereocenters. The second kappa shape index (κ2) is 3.47. The van der Waals surface area contributed by atoms with Crippen LogP contribution in [0.5, 0.6) is 0 Å². The summed E-state index contributed by atoms with van der Waals surface area (Å²) < 4.78 is 0. The van der Waals surface area contributed by atoms with E-state index in [0.29, 0.717) is 18.2 Å². The van der Waals surface area contributed by atoms with Crippen LogP contribution in [0.4, 0.5) is 0 Å². The van der Waals surface area contributed by atoms with Gasteiger partial charge < -0.3 is 10.2 Å². The second-order valence-electron chi connectivity index (χ2n) is 5.43. The standard InChI is InChI=1S/C12H18N2O2/c15-10-3-4-12(13-10)5-7-14(8-6-12)11(16)9-1-2-9/h9H,1-8H2,(H,13,15). The third-order valence-corrected chi connectivity index (χ3v) is 4.19. The fourth-order valence-electron chi connectivity index (χ4n) is 2.89. The topological polar surface area (TPSA) is 49.4 Å². The van der Waals surface area contributed by atoms with Crippen LogP contribution < -0.4 is 5.32 Å². The van der Waals surface area contributed by atoms with Gasteiger partial charge in [0.1, 0.15) is 0 Å². The average Bonchev–Trinajstić information content (AvgIpc) is 3.06. The molecule has 2 aliphatic heterocycles. The number of carbonyl (C=O) groups is 2. The van der Waals surface area contributed by atoms with E-state index in [1.165, 1.54) is 0 Å². The third-order valence-electron chi connectivity index (χ3n) is 4.19. The lowest BCUT2D eigenvalue weighted by molar-refractivity contribution is -0.134. The Balaban J connectivity index is 1.59. The summed E-state index contributed by atoms with van der Waals surface area (Å²) in [5.74, 6) is 0.855. The maximum atomic E-state index is 11.9. The van der Waals surface area contributed by atoms with Gasteiger partial charge in [-0.25, -0.2) is 0 Å². The van der Waals surface area contributed by atoms with Crippen LogP contribution in [0.1, 0.15) is 38.5 Å². The average molecular weight is 222 g/mol. The summed E-state index contributed by atoms with van der Waals surface area (Å²) in [4.78, 5) is 25.1. The van der Waals surface area contributed by atoms with Gasteiger partial charge >= 0.3 is 0 Å². The monoisotopic (exact) mass is 222 g/mol. The predicted molar refractivity (Wildman–Crippen MR) is 58.6 cm³/mol. The van der Waals surface area contributed by atoms with Crippen LogP contribution in [0.15, 0.2) is 0 Å². The quantitative estimate of drug-likeness (QED) is 0.709. The highest BCUT2D eigenvalue weighted by molar-refractivity contribution is 5.82. The number of carbonyl (C=O) groups excluding carboxylic acids is 2. The molecule has 1 aliphatic carbocycles. The highest BCUT2D eigenvalue weighted by atomic mass is 16.2. The van der Waals surface area contributed by atoms with Crippen LogP contribution in [0.3, 0.4) is 0 Å². The van der Waals surface area contributed by atoms with Gasteiger partial charge in [-0.1, -0.05) is 0 Å². The summed E-state index contributed by atoms with van der Waals surface area (Å²) in [5, 5.41) is 3.10. The first-order chi connectivity index (χ1) is 7.69. The molecular weight excluding hydrogens is 204 g/mol. The molecule has 1 N–H and O–H groups in total. The molecule has 0 aromatic rings. The smallest absolute Gasteiger partial charge is 0.225 e. The number of likely N-dealkylation sites (tertiary alicyclic amines) is 1. The summed E-state index contributed by atoms with van der Waals surface area (Å²) in [6.07, 6.45) is 5.66. The van der Waals surface area contributed by atoms with Crippen molar-refractivity contribution < 1.29 is 9.59 Å². The number of rotatable bonds is 1. The highest BCUT2D eigenvalue weighted by Crippen LogP contribution is 2.35. The number of nitrogens with zero attached hydrogens (tertiary/aromatic N) is 1. The number of amides is 2. The summed E-state index contributed by atoms with van der Waals surface area (Å²) in [5.41, 5.74) is 0.0252. The van der Waals surface area contributed by atoms with E-state index in [-0.39, 0.29) is 11.4 Å². The molecule has 0 bridgehead atoms. The lowest BCUT2D eigenvalue weighted by Crippen LogP contribution is -2.52. The Morgan fingerprint density at radius 2 is 1.94 bits per heavy atom. The van der Waals surface area contributed by atoms with E-state index in [2.05, 4.69) is 5.32 Å². The van der Waals surface area contributed by atoms with Crippen molar-refractivity contribution in [2.24, 2.45) is 5.92 Å². The van der Waals surface area contributed by atoms with Crippen LogP contribution in [0.25, 0.3) is 0 Å². The maximum Gasteiger partial charge on any atom is 0.225 e. The minimum atomic E-state index is 0.0252. The van der Waals surface area contributed by atoms with E-state index in [1.807, 2.05) is 4.90 Å². The summed E-state index contributed by atoms with van der Waals surface area (Å²) in [7, 11) is 0. The van der Waals surface area contributed by atoms with Gasteiger partial charge in [-0.3, -0.25) is 9.59 Å². The molecule has 2 saturated heterocycles. The Morgan fingerprint density at radius 3 is 2.44 bits per heavy atom. The zero-order valence-electron chi connectivity index (χ0n) is 9.50. The van der Waals surface area contributed by atoms with E-state index < -0.39 is 0 Å². The number of hydrogen-bond acceptors (Lipinski definition) is 2. The van der Waals surface area contributed by atoms with Gasteiger partial charge in [0.2, 0.25) is 11.8 Å². The normalized spacial score (nSPS) is 28.2. The molecule has 4 nitrogen and oxygen atoms in total. The van der Waals surface area contributed by atoms with E-state index >= 15 is 0 Å². The molecule has 0 atom stereocenters. The summed E-state index contributed by atoms with van der Waals surface area (Å²) >= 11 is 0. The zero-order valence-corrected chi connectivity index (χ0v) is 9.50. The molecule has 1 saturated carbocycles. The molecule has 2 heterocycles. The van der Waals surface area contributed by atoms with Gasteiger partial charge in [0.25, 0.3) is 0 Å². The van der Waals surface area contributed by atoms with Crippen LogP contribution in [0, 0.1) is 5.92 Å². The van der Waals surface area contributed by atoms with E-state index in [0.717, 1.165) is 45.2 Å². The Labute approximate surface area is 95.4 Å². The molecule has 3 rings (SSSR count). The van der Waals surface area contributed by atoms with Crippen molar-refractivity contribution in [2.45, 2.75) is 44.1 Å². The molecule has 4 heteroatoms. The number of hydrogen-bond donors (Lipinski definition) is 1. The van der Waals surface area contributed by atoms with Crippen molar-refractivity contribution in [1.82, 2.24) is 10.2 Å². The van der Waals surface area contributed by atoms with Gasteiger partial charge in [-0.05, 0) is 32.1 Å². The van der Waals surface area contributed by atoms with Crippen LogP contribution in [0.2, 0.25) is 0 Å². The molecule has 3 fully saturated rings. The Morgan fingerprint density at radius 1 is 1.25 bits per heavy atom. The first-order valence-electron chi connectivity index (χ1n) is 6.28. The Bertz CT molecular complexity index is 328. The molecule has 0 radical (unpaired) electrons. The third kappa shape index (κ3) is 1.70. The molecule has 3 aliphatic rings. The number of piperidine rings is 1. The van der Waals surface area contributed by atoms with E-state index in [9.17, 15) is 9.59 Å². The lowest BCUT2D eigenvalue weighted by Gasteiger charge is -2.39. The van der Waals surface area contributed by atoms with E-state index in [1.54, 1.807) is 0 Å². The molecule has 0 aromatic heterocycles. The van der Waals surface area contributed by atoms with Gasteiger partial charge in [0.15, 0.2) is 0 Å². The van der Waals surface area contributed by atoms with Crippen molar-refractivity contribution in [3.63, 3.8) is 0 Å². The summed E-state index contributed by atoms with van der Waals surface area (Å²) in [6.45, 7) is 1.66. The van der Waals surface area contributed by atoms with Crippen molar-refractivity contribution >= 4 is 11.8 Å². The van der Waals surface area contributed by atoms with Crippen molar-refractivity contribution in [2.75, 3.05) is 13.1 Å². The van der Waals surface area contributed by atoms with Crippen molar-refractivity contribution in [3.05, 3.63) is 0 Å². The first kappa shape index (κ1) is 10.1. The Hall–Kier alpha value is -1.06. The SMILES string of the molecule is O=C1CCC2(CCN(C(=O)C3CC3)CC2)N1. The van der Waals surface area contributed by atoms with Crippen LogP contribution in [-0.4, -0.2) is 35.3 Å². The van der Waals surface area contributed by atoms with Gasteiger partial charge in [-0.15, -0.1) is 0 Å². The Kier molecular flexibility index (Phi) is 2.19. The number of nitrogens with one attached hydrogen (secondary N) is 1. The maximum absolute atomic E-state index is 11.9. The molecule has 0 aromatic carbocycles. The van der Waals surface area contributed by atoms with Gasteiger partial charge in [0.05, 0.1) is 0 Å². The molecule has 88 valence electrons. The van der Waals surface area contributed by atoms with Crippen molar-refractivity contribution in [1.29, 1.82) is 0 Å². The molecule has 16 heavy (non-hydrogen) atoms. The van der Waals surface area contributed by atoms with Crippen molar-refractivity contribution in [3.8, 4) is 0 Å². The molecular formula is C12H18N2O2. The second-order valence-corrected chi connectivity index (χ2v) is 5.43. The predicted octanol–water partition coefficient (Wildman–Crippen LogP) is 0.668. The minimum absolute atomic E-state index is 0.0252. The molecule has 1 spiro atoms. The largest absolute Gasteiger partial charge is 0.351 e. The summed E-state index contributed by atoms with van der Waals surface area (Å²) in [6, 6.07) is 0. The van der Waals surface area contributed by atoms with E-state index in [4.69, 9.17) is 0 Å². The van der Waals surface area contributed by atoms with Gasteiger partial charge in [-0.2, -0.15) is 0 Å². The molecule has 2 amide bonds. The lowest BCUT2D eigenvalue weighted by atomic mass is 9.86. The van der Waals surface area contributed by atoms with Crippen LogP contribution in [-0.2, 0) is 9.59 Å². The minimum Gasteiger partial charge on any atom is -0.351 e. The fraction of sp³-hybridized carbons (Fsp3) is 0.833. The van der Waals surface area contributed by atoms with Gasteiger partial charge in [0, 0.05) is 31.0 Å². The highest BCUT2D eigenvalue weighted by Gasteiger charge is 2.42. The first-order valence-corrected chi connectivity index (χ1v) is 6.28.